The Labute approximate surface area is 85.3 Å². The lowest BCUT2D eigenvalue weighted by Crippen LogP contribution is -2.41. The third-order valence-corrected chi connectivity index (χ3v) is 2.53. The van der Waals surface area contributed by atoms with Gasteiger partial charge in [0.25, 0.3) is 0 Å². The molecule has 0 radical (unpaired) electrons. The third-order valence-electron chi connectivity index (χ3n) is 1.07. The first-order valence-electron chi connectivity index (χ1n) is 2.73. The van der Waals surface area contributed by atoms with Crippen LogP contribution in [0.15, 0.2) is 0 Å². The van der Waals surface area contributed by atoms with Gasteiger partial charge in [0.05, 0.1) is 0 Å². The Hall–Kier alpha value is 1.08. The van der Waals surface area contributed by atoms with Gasteiger partial charge in [-0.05, 0) is 13.8 Å². The topological polar surface area (TPSA) is 29.5 Å². The Balaban J connectivity index is 4.22. The zero-order valence-corrected chi connectivity index (χ0v) is 8.97. The van der Waals surface area contributed by atoms with Gasteiger partial charge in [0.1, 0.15) is 5.60 Å². The fraction of sp³-hybridized carbons (Fsp3) is 1.00. The summed E-state index contributed by atoms with van der Waals surface area (Å²) in [6, 6.07) is 0. The van der Waals surface area contributed by atoms with Crippen molar-refractivity contribution in [3.05, 3.63) is 0 Å². The summed E-state index contributed by atoms with van der Waals surface area (Å²) in [6.45, 7) is 3.01. The van der Waals surface area contributed by atoms with E-state index in [1.165, 1.54) is 13.8 Å². The van der Waals surface area contributed by atoms with E-state index >= 15 is 0 Å². The highest BCUT2D eigenvalue weighted by molar-refractivity contribution is 6.68. The Morgan fingerprint density at radius 3 is 1.73 bits per heavy atom. The quantitative estimate of drug-likeness (QED) is 0.595. The van der Waals surface area contributed by atoms with Crippen molar-refractivity contribution >= 4 is 46.4 Å². The number of rotatable bonds is 2. The van der Waals surface area contributed by atoms with Crippen LogP contribution in [0.5, 0.6) is 0 Å². The van der Waals surface area contributed by atoms with Gasteiger partial charge in [-0.2, -0.15) is 0 Å². The number of ether oxygens (including phenoxy) is 1. The standard InChI is InChI=1S/C5H8Cl4O2/c1-4(2,5(7,8)9)11-3(6)10/h3,10H,1-2H3/t3-/m1/s1. The average Bonchev–Trinajstić information content (AvgIpc) is 1.56. The van der Waals surface area contributed by atoms with E-state index < -0.39 is 15.1 Å². The summed E-state index contributed by atoms with van der Waals surface area (Å²) in [5.41, 5.74) is -1.13. The average molecular weight is 242 g/mol. The van der Waals surface area contributed by atoms with Crippen LogP contribution in [0.3, 0.4) is 0 Å². The third kappa shape index (κ3) is 4.02. The molecule has 0 aliphatic carbocycles. The minimum atomic E-state index is -1.62. The first-order chi connectivity index (χ1) is 4.67. The smallest absolute Gasteiger partial charge is 0.235 e. The zero-order valence-electron chi connectivity index (χ0n) is 5.94. The highest BCUT2D eigenvalue weighted by Crippen LogP contribution is 2.40. The lowest BCUT2D eigenvalue weighted by molar-refractivity contribution is -0.124. The van der Waals surface area contributed by atoms with Crippen LogP contribution in [0, 0.1) is 0 Å². The van der Waals surface area contributed by atoms with Crippen molar-refractivity contribution in [2.75, 3.05) is 0 Å². The number of aliphatic hydroxyl groups excluding tert-OH is 1. The predicted octanol–water partition coefficient (Wildman–Crippen LogP) is 2.67. The van der Waals surface area contributed by atoms with Crippen molar-refractivity contribution in [3.8, 4) is 0 Å². The Bertz CT molecular complexity index is 129. The maximum absolute atomic E-state index is 8.62. The summed E-state index contributed by atoms with van der Waals surface area (Å²) in [7, 11) is 0. The molecule has 0 bridgehead atoms. The zero-order chi connectivity index (χ0) is 9.28. The number of hydrogen-bond donors (Lipinski definition) is 1. The van der Waals surface area contributed by atoms with Gasteiger partial charge in [-0.15, -0.1) is 0 Å². The molecule has 0 heterocycles. The Morgan fingerprint density at radius 1 is 1.27 bits per heavy atom. The molecule has 0 aliphatic heterocycles. The first-order valence-corrected chi connectivity index (χ1v) is 4.30. The van der Waals surface area contributed by atoms with Gasteiger partial charge < -0.3 is 9.84 Å². The van der Waals surface area contributed by atoms with E-state index in [9.17, 15) is 0 Å². The minimum Gasteiger partial charge on any atom is -0.356 e. The van der Waals surface area contributed by atoms with Crippen molar-refractivity contribution in [1.82, 2.24) is 0 Å². The van der Waals surface area contributed by atoms with Crippen molar-refractivity contribution in [3.63, 3.8) is 0 Å². The number of alkyl halides is 4. The van der Waals surface area contributed by atoms with Crippen LogP contribution >= 0.6 is 46.4 Å². The van der Waals surface area contributed by atoms with Gasteiger partial charge in [-0.3, -0.25) is 0 Å². The molecule has 6 heteroatoms. The van der Waals surface area contributed by atoms with Gasteiger partial charge in [0.2, 0.25) is 9.54 Å². The van der Waals surface area contributed by atoms with E-state index in [1.54, 1.807) is 0 Å². The second-order valence-corrected chi connectivity index (χ2v) is 5.07. The predicted molar refractivity (Wildman–Crippen MR) is 47.3 cm³/mol. The van der Waals surface area contributed by atoms with Crippen LogP contribution in [0.2, 0.25) is 0 Å². The van der Waals surface area contributed by atoms with Crippen molar-refractivity contribution in [2.24, 2.45) is 0 Å². The summed E-state index contributed by atoms with van der Waals surface area (Å²) >= 11 is 21.6. The summed E-state index contributed by atoms with van der Waals surface area (Å²) in [5.74, 6) is -1.47. The molecule has 11 heavy (non-hydrogen) atoms. The van der Waals surface area contributed by atoms with Crippen LogP contribution in [-0.2, 0) is 4.74 Å². The second kappa shape index (κ2) is 3.86. The van der Waals surface area contributed by atoms with E-state index in [-0.39, 0.29) is 0 Å². The summed E-state index contributed by atoms with van der Waals surface area (Å²) in [4.78, 5) is 0. The summed E-state index contributed by atoms with van der Waals surface area (Å²) in [6.07, 6.45) is 0. The molecule has 0 saturated heterocycles. The van der Waals surface area contributed by atoms with E-state index in [0.29, 0.717) is 0 Å². The van der Waals surface area contributed by atoms with Crippen molar-refractivity contribution in [2.45, 2.75) is 29.0 Å². The fourth-order valence-electron chi connectivity index (χ4n) is 0.310. The van der Waals surface area contributed by atoms with Crippen molar-refractivity contribution in [1.29, 1.82) is 0 Å². The lowest BCUT2D eigenvalue weighted by Gasteiger charge is -2.32. The molecular formula is C5H8Cl4O2. The monoisotopic (exact) mass is 240 g/mol. The van der Waals surface area contributed by atoms with E-state index in [4.69, 9.17) is 56.2 Å². The van der Waals surface area contributed by atoms with E-state index in [0.717, 1.165) is 0 Å². The van der Waals surface area contributed by atoms with Crippen LogP contribution in [0.1, 0.15) is 13.8 Å². The van der Waals surface area contributed by atoms with Crippen LogP contribution in [0.25, 0.3) is 0 Å². The van der Waals surface area contributed by atoms with Crippen LogP contribution < -0.4 is 0 Å². The van der Waals surface area contributed by atoms with Crippen LogP contribution in [0.4, 0.5) is 0 Å². The normalized spacial score (nSPS) is 16.6. The molecule has 68 valence electrons. The van der Waals surface area contributed by atoms with Crippen molar-refractivity contribution < 1.29 is 9.84 Å². The van der Waals surface area contributed by atoms with Gasteiger partial charge in [-0.25, -0.2) is 0 Å². The molecule has 0 aromatic carbocycles. The van der Waals surface area contributed by atoms with Gasteiger partial charge in [0, 0.05) is 0 Å². The van der Waals surface area contributed by atoms with E-state index in [1.807, 2.05) is 0 Å². The molecule has 0 aromatic rings. The maximum atomic E-state index is 8.62. The molecule has 0 saturated carbocycles. The fourth-order valence-corrected chi connectivity index (χ4v) is 0.666. The highest BCUT2D eigenvalue weighted by atomic mass is 35.6. The number of halogens is 4. The molecule has 1 atom stereocenters. The minimum absolute atomic E-state index is 1.13. The molecule has 0 fully saturated rings. The lowest BCUT2D eigenvalue weighted by atomic mass is 10.2. The van der Waals surface area contributed by atoms with Gasteiger partial charge in [-0.1, -0.05) is 46.4 Å². The number of aliphatic hydroxyl groups is 1. The second-order valence-electron chi connectivity index (χ2n) is 2.42. The molecule has 0 amide bonds. The molecule has 2 nitrogen and oxygen atoms in total. The number of hydrogen-bond acceptors (Lipinski definition) is 2. The Morgan fingerprint density at radius 2 is 1.64 bits per heavy atom. The molecule has 0 unspecified atom stereocenters. The summed E-state index contributed by atoms with van der Waals surface area (Å²) in [5, 5.41) is 8.62. The Kier molecular flexibility index (Phi) is 4.24. The van der Waals surface area contributed by atoms with Crippen LogP contribution in [-0.4, -0.2) is 20.2 Å². The first kappa shape index (κ1) is 12.1. The molecule has 0 aliphatic rings. The molecule has 1 N–H and O–H groups in total. The molecular weight excluding hydrogens is 234 g/mol. The van der Waals surface area contributed by atoms with Gasteiger partial charge >= 0.3 is 0 Å². The van der Waals surface area contributed by atoms with Gasteiger partial charge in [0.15, 0.2) is 0 Å². The molecule has 0 aromatic heterocycles. The SMILES string of the molecule is CC(C)(O[C@@H](O)Cl)C(Cl)(Cl)Cl. The largest absolute Gasteiger partial charge is 0.356 e. The molecule has 0 spiro atoms. The highest BCUT2D eigenvalue weighted by Gasteiger charge is 2.42. The molecule has 0 rings (SSSR count). The summed E-state index contributed by atoms with van der Waals surface area (Å²) < 4.78 is 3.11. The van der Waals surface area contributed by atoms with E-state index in [2.05, 4.69) is 0 Å². The maximum Gasteiger partial charge on any atom is 0.235 e.